The second-order valence-electron chi connectivity index (χ2n) is 13.5. The molecule has 1 fully saturated rings. The number of alkyl carbamates (subject to hydrolysis) is 1. The van der Waals surface area contributed by atoms with E-state index in [2.05, 4.69) is 28.8 Å². The Bertz CT molecular complexity index is 1810. The highest BCUT2D eigenvalue weighted by molar-refractivity contribution is 5.96. The molecule has 1 amide bonds. The first kappa shape index (κ1) is 32.9. The molecular formula is C39H45N5O4. The van der Waals surface area contributed by atoms with Crippen molar-refractivity contribution in [2.24, 2.45) is 13.0 Å². The number of hydrogen-bond donors (Lipinski definition) is 2. The molecule has 6 rings (SSSR count). The average Bonchev–Trinajstić information content (AvgIpc) is 3.41. The number of carbonyl (C=O) groups is 1. The van der Waals surface area contributed by atoms with Crippen LogP contribution in [0.3, 0.4) is 0 Å². The number of nitrogens with zero attached hydrogens (tertiary/aromatic N) is 3. The van der Waals surface area contributed by atoms with Gasteiger partial charge in [0.05, 0.1) is 11.1 Å². The van der Waals surface area contributed by atoms with Gasteiger partial charge in [-0.3, -0.25) is 4.68 Å². The number of hydrogen-bond acceptors (Lipinski definition) is 7. The lowest BCUT2D eigenvalue weighted by Crippen LogP contribution is -2.37. The van der Waals surface area contributed by atoms with E-state index in [1.807, 2.05) is 105 Å². The van der Waals surface area contributed by atoms with E-state index in [9.17, 15) is 4.79 Å². The zero-order valence-corrected chi connectivity index (χ0v) is 28.2. The van der Waals surface area contributed by atoms with E-state index >= 15 is 0 Å². The van der Waals surface area contributed by atoms with Gasteiger partial charge in [-0.25, -0.2) is 4.79 Å². The number of carbonyl (C=O) groups excluding carboxylic acids is 1. The topological polar surface area (TPSA) is 99.5 Å². The van der Waals surface area contributed by atoms with Crippen LogP contribution in [0.2, 0.25) is 0 Å². The smallest absolute Gasteiger partial charge is 0.407 e. The fourth-order valence-corrected chi connectivity index (χ4v) is 6.09. The number of fused-ring (bicyclic) bond motifs is 1. The molecule has 0 bridgehead atoms. The van der Waals surface area contributed by atoms with Gasteiger partial charge in [0.1, 0.15) is 24.5 Å². The van der Waals surface area contributed by atoms with E-state index < -0.39 is 5.60 Å². The first-order valence-corrected chi connectivity index (χ1v) is 16.8. The molecule has 9 nitrogen and oxygen atoms in total. The molecule has 0 radical (unpaired) electrons. The lowest BCUT2D eigenvalue weighted by atomic mass is 9.86. The minimum Gasteiger partial charge on any atom is -0.473 e. The zero-order chi connectivity index (χ0) is 33.5. The number of benzene rings is 3. The van der Waals surface area contributed by atoms with Crippen molar-refractivity contribution in [1.82, 2.24) is 20.1 Å². The Balaban J connectivity index is 1.15. The molecule has 9 heteroatoms. The van der Waals surface area contributed by atoms with Gasteiger partial charge >= 0.3 is 6.09 Å². The van der Waals surface area contributed by atoms with Crippen LogP contribution >= 0.6 is 0 Å². The summed E-state index contributed by atoms with van der Waals surface area (Å²) in [6, 6.07) is 30.7. The summed E-state index contributed by atoms with van der Waals surface area (Å²) >= 11 is 0. The van der Waals surface area contributed by atoms with Crippen LogP contribution in [0.25, 0.3) is 22.2 Å². The third-order valence-corrected chi connectivity index (χ3v) is 8.54. The normalized spacial score (nSPS) is 16.3. The number of anilines is 1. The summed E-state index contributed by atoms with van der Waals surface area (Å²) in [5, 5.41) is 12.6. The van der Waals surface area contributed by atoms with Crippen molar-refractivity contribution >= 4 is 22.7 Å². The molecule has 2 heterocycles. The van der Waals surface area contributed by atoms with Crippen LogP contribution in [0, 0.1) is 5.92 Å². The van der Waals surface area contributed by atoms with Crippen LogP contribution in [0.15, 0.2) is 91.0 Å². The fourth-order valence-electron chi connectivity index (χ4n) is 6.09. The van der Waals surface area contributed by atoms with E-state index in [0.29, 0.717) is 43.5 Å². The summed E-state index contributed by atoms with van der Waals surface area (Å²) in [5.74, 6) is 1.43. The third-order valence-electron chi connectivity index (χ3n) is 8.54. The van der Waals surface area contributed by atoms with E-state index in [0.717, 1.165) is 64.7 Å². The van der Waals surface area contributed by atoms with Gasteiger partial charge in [-0.2, -0.15) is 10.1 Å². The third kappa shape index (κ3) is 8.64. The molecule has 0 unspecified atom stereocenters. The van der Waals surface area contributed by atoms with Crippen molar-refractivity contribution in [2.45, 2.75) is 71.3 Å². The number of pyridine rings is 1. The van der Waals surface area contributed by atoms with E-state index in [4.69, 9.17) is 24.3 Å². The highest BCUT2D eigenvalue weighted by Crippen LogP contribution is 2.36. The Morgan fingerprint density at radius 1 is 0.854 bits per heavy atom. The molecule has 48 heavy (non-hydrogen) atoms. The Hall–Kier alpha value is -5.05. The molecular weight excluding hydrogens is 602 g/mol. The number of aromatic nitrogens is 3. The van der Waals surface area contributed by atoms with Crippen LogP contribution in [-0.2, 0) is 25.0 Å². The van der Waals surface area contributed by atoms with Gasteiger partial charge in [0.15, 0.2) is 0 Å². The summed E-state index contributed by atoms with van der Waals surface area (Å²) in [6.07, 6.45) is 3.85. The standard InChI is InChI=1S/C39H45N5O4/c1-39(2,3)48-38(45)40-24-27-15-17-30(18-16-27)41-31-19-20-32-34(23-31)44(4)43-36(32)33-21-22-35(46-25-28-11-7-5-8-12-28)42-37(33)47-26-29-13-9-6-10-14-29/h5-14,19-23,27,30,41H,15-18,24-26H2,1-4H3,(H,40,45). The first-order chi connectivity index (χ1) is 23.2. The van der Waals surface area contributed by atoms with Crippen LogP contribution in [0.5, 0.6) is 11.8 Å². The Labute approximate surface area is 282 Å². The lowest BCUT2D eigenvalue weighted by Gasteiger charge is -2.30. The lowest BCUT2D eigenvalue weighted by molar-refractivity contribution is 0.0515. The minimum absolute atomic E-state index is 0.343. The molecule has 0 saturated heterocycles. The van der Waals surface area contributed by atoms with Crippen molar-refractivity contribution in [3.05, 3.63) is 102 Å². The van der Waals surface area contributed by atoms with Gasteiger partial charge in [0.2, 0.25) is 11.8 Å². The highest BCUT2D eigenvalue weighted by atomic mass is 16.6. The summed E-state index contributed by atoms with van der Waals surface area (Å²) in [5.41, 5.74) is 5.33. The highest BCUT2D eigenvalue weighted by Gasteiger charge is 2.24. The number of rotatable bonds is 11. The van der Waals surface area contributed by atoms with Gasteiger partial charge < -0.3 is 24.8 Å². The molecule has 2 aromatic heterocycles. The minimum atomic E-state index is -0.487. The predicted molar refractivity (Wildman–Crippen MR) is 189 cm³/mol. The molecule has 1 saturated carbocycles. The number of nitrogens with one attached hydrogen (secondary N) is 2. The largest absolute Gasteiger partial charge is 0.473 e. The van der Waals surface area contributed by atoms with E-state index in [-0.39, 0.29) is 6.09 Å². The molecule has 1 aliphatic rings. The fraction of sp³-hybridized carbons (Fsp3) is 0.359. The number of aryl methyl sites for hydroxylation is 1. The van der Waals surface area contributed by atoms with Crippen molar-refractivity contribution in [3.63, 3.8) is 0 Å². The van der Waals surface area contributed by atoms with Crippen molar-refractivity contribution in [1.29, 1.82) is 0 Å². The summed E-state index contributed by atoms with van der Waals surface area (Å²) in [6.45, 7) is 7.08. The number of ether oxygens (including phenoxy) is 3. The van der Waals surface area contributed by atoms with Gasteiger partial charge in [-0.15, -0.1) is 0 Å². The van der Waals surface area contributed by atoms with Gasteiger partial charge in [-0.1, -0.05) is 60.7 Å². The molecule has 0 atom stereocenters. The van der Waals surface area contributed by atoms with Crippen molar-refractivity contribution < 1.29 is 19.0 Å². The van der Waals surface area contributed by atoms with Crippen LogP contribution in [0.1, 0.15) is 57.6 Å². The molecule has 0 aliphatic heterocycles. The molecule has 250 valence electrons. The van der Waals surface area contributed by atoms with Crippen molar-refractivity contribution in [2.75, 3.05) is 11.9 Å². The molecule has 3 aromatic carbocycles. The summed E-state index contributed by atoms with van der Waals surface area (Å²) in [4.78, 5) is 16.9. The average molecular weight is 648 g/mol. The second-order valence-corrected chi connectivity index (χ2v) is 13.5. The van der Waals surface area contributed by atoms with Gasteiger partial charge in [0, 0.05) is 36.8 Å². The monoisotopic (exact) mass is 647 g/mol. The maximum atomic E-state index is 12.1. The second kappa shape index (κ2) is 14.8. The Kier molecular flexibility index (Phi) is 10.1. The van der Waals surface area contributed by atoms with Gasteiger partial charge in [0.25, 0.3) is 0 Å². The first-order valence-electron chi connectivity index (χ1n) is 16.8. The van der Waals surface area contributed by atoms with E-state index in [1.54, 1.807) is 0 Å². The van der Waals surface area contributed by atoms with Gasteiger partial charge in [-0.05, 0) is 87.8 Å². The van der Waals surface area contributed by atoms with Crippen LogP contribution in [0.4, 0.5) is 10.5 Å². The quantitative estimate of drug-likeness (QED) is 0.149. The maximum absolute atomic E-state index is 12.1. The molecule has 0 spiro atoms. The van der Waals surface area contributed by atoms with E-state index in [1.165, 1.54) is 0 Å². The zero-order valence-electron chi connectivity index (χ0n) is 28.2. The SMILES string of the molecule is Cn1nc(-c2ccc(OCc3ccccc3)nc2OCc2ccccc2)c2ccc(NC3CCC(CNC(=O)OC(C)(C)C)CC3)cc21. The van der Waals surface area contributed by atoms with Crippen molar-refractivity contribution in [3.8, 4) is 23.0 Å². The molecule has 2 N–H and O–H groups in total. The number of amides is 1. The molecule has 1 aliphatic carbocycles. The van der Waals surface area contributed by atoms with Crippen LogP contribution in [-0.4, -0.2) is 39.0 Å². The summed E-state index contributed by atoms with van der Waals surface area (Å²) in [7, 11) is 1.97. The maximum Gasteiger partial charge on any atom is 0.407 e. The molecule has 5 aromatic rings. The van der Waals surface area contributed by atoms with Crippen LogP contribution < -0.4 is 20.1 Å². The Morgan fingerprint density at radius 3 is 2.19 bits per heavy atom. The Morgan fingerprint density at radius 2 is 1.52 bits per heavy atom. The predicted octanol–water partition coefficient (Wildman–Crippen LogP) is 8.29. The summed E-state index contributed by atoms with van der Waals surface area (Å²) < 4.78 is 19.7.